The molecule has 2 aromatic carbocycles. The highest BCUT2D eigenvalue weighted by atomic mass is 79.9. The Labute approximate surface area is 149 Å². The normalized spacial score (nSPS) is 10.7. The van der Waals surface area contributed by atoms with Gasteiger partial charge in [-0.2, -0.15) is 10.1 Å². The first-order valence-electron chi connectivity index (χ1n) is 7.69. The van der Waals surface area contributed by atoms with Crippen LogP contribution in [-0.2, 0) is 0 Å². The smallest absolute Gasteiger partial charge is 0.249 e. The van der Waals surface area contributed by atoms with Gasteiger partial charge in [0.1, 0.15) is 0 Å². The fourth-order valence-electron chi connectivity index (χ4n) is 2.18. The number of aromatic nitrogens is 3. The molecule has 0 bridgehead atoms. The molecule has 2 N–H and O–H groups in total. The van der Waals surface area contributed by atoms with E-state index in [0.29, 0.717) is 17.7 Å². The van der Waals surface area contributed by atoms with Gasteiger partial charge in [-0.3, -0.25) is 0 Å². The van der Waals surface area contributed by atoms with Gasteiger partial charge in [0, 0.05) is 15.8 Å². The number of halogens is 1. The molecule has 3 aromatic rings. The Hall–Kier alpha value is -2.47. The molecule has 0 fully saturated rings. The average molecular weight is 384 g/mol. The van der Waals surface area contributed by atoms with Crippen molar-refractivity contribution < 1.29 is 0 Å². The summed E-state index contributed by atoms with van der Waals surface area (Å²) >= 11 is 3.42. The molecule has 0 aliphatic heterocycles. The van der Waals surface area contributed by atoms with Crippen LogP contribution in [0.1, 0.15) is 25.3 Å². The van der Waals surface area contributed by atoms with Crippen LogP contribution >= 0.6 is 15.9 Å². The van der Waals surface area contributed by atoms with E-state index < -0.39 is 0 Å². The van der Waals surface area contributed by atoms with E-state index in [2.05, 4.69) is 67.7 Å². The number of hydrogen-bond acceptors (Lipinski definition) is 5. The molecule has 0 amide bonds. The van der Waals surface area contributed by atoms with E-state index in [1.165, 1.54) is 5.56 Å². The molecule has 122 valence electrons. The maximum atomic E-state index is 4.44. The maximum absolute atomic E-state index is 4.44. The topological polar surface area (TPSA) is 62.7 Å². The lowest BCUT2D eigenvalue weighted by Gasteiger charge is -2.09. The average Bonchev–Trinajstić information content (AvgIpc) is 2.58. The molecule has 5 nitrogen and oxygen atoms in total. The summed E-state index contributed by atoms with van der Waals surface area (Å²) in [5, 5.41) is 14.4. The van der Waals surface area contributed by atoms with Gasteiger partial charge in [-0.1, -0.05) is 41.9 Å². The molecule has 0 aliphatic carbocycles. The Balaban J connectivity index is 1.71. The van der Waals surface area contributed by atoms with Crippen molar-refractivity contribution in [2.45, 2.75) is 19.8 Å². The third-order valence-corrected chi connectivity index (χ3v) is 4.04. The van der Waals surface area contributed by atoms with Gasteiger partial charge in [0.25, 0.3) is 0 Å². The van der Waals surface area contributed by atoms with Gasteiger partial charge in [-0.25, -0.2) is 0 Å². The van der Waals surface area contributed by atoms with Crippen LogP contribution in [0.4, 0.5) is 23.1 Å². The highest BCUT2D eigenvalue weighted by Gasteiger charge is 2.03. The number of nitrogens with zero attached hydrogens (tertiary/aromatic N) is 3. The van der Waals surface area contributed by atoms with Gasteiger partial charge in [-0.15, -0.1) is 5.10 Å². The Bertz CT molecular complexity index is 800. The summed E-state index contributed by atoms with van der Waals surface area (Å²) in [4.78, 5) is 4.44. The van der Waals surface area contributed by atoms with Crippen molar-refractivity contribution in [2.24, 2.45) is 0 Å². The predicted molar refractivity (Wildman–Crippen MR) is 101 cm³/mol. The third kappa shape index (κ3) is 4.29. The van der Waals surface area contributed by atoms with Crippen molar-refractivity contribution in [1.29, 1.82) is 0 Å². The number of anilines is 4. The van der Waals surface area contributed by atoms with Crippen molar-refractivity contribution in [1.82, 2.24) is 15.2 Å². The second-order valence-corrected chi connectivity index (χ2v) is 6.61. The Kier molecular flexibility index (Phi) is 5.05. The highest BCUT2D eigenvalue weighted by molar-refractivity contribution is 9.10. The second-order valence-electron chi connectivity index (χ2n) is 5.70. The zero-order valence-corrected chi connectivity index (χ0v) is 15.1. The number of hydrogen-bond donors (Lipinski definition) is 2. The molecular formula is C18H18BrN5. The Morgan fingerprint density at radius 1 is 0.875 bits per heavy atom. The van der Waals surface area contributed by atoms with E-state index in [-0.39, 0.29) is 0 Å². The van der Waals surface area contributed by atoms with E-state index in [4.69, 9.17) is 0 Å². The number of nitrogens with one attached hydrogen (secondary N) is 2. The zero-order chi connectivity index (χ0) is 16.9. The Morgan fingerprint density at radius 2 is 1.50 bits per heavy atom. The van der Waals surface area contributed by atoms with Gasteiger partial charge in [0.2, 0.25) is 5.95 Å². The summed E-state index contributed by atoms with van der Waals surface area (Å²) in [5.41, 5.74) is 3.16. The zero-order valence-electron chi connectivity index (χ0n) is 13.5. The van der Waals surface area contributed by atoms with Gasteiger partial charge in [-0.05, 0) is 47.9 Å². The minimum absolute atomic E-state index is 0.453. The van der Waals surface area contributed by atoms with Gasteiger partial charge in [0.05, 0.1) is 6.20 Å². The number of benzene rings is 2. The summed E-state index contributed by atoms with van der Waals surface area (Å²) < 4.78 is 1.03. The lowest BCUT2D eigenvalue weighted by Crippen LogP contribution is -2.02. The summed E-state index contributed by atoms with van der Waals surface area (Å²) in [6.45, 7) is 4.35. The van der Waals surface area contributed by atoms with Crippen LogP contribution in [0.5, 0.6) is 0 Å². The maximum Gasteiger partial charge on any atom is 0.249 e. The fourth-order valence-corrected chi connectivity index (χ4v) is 2.44. The molecule has 0 atom stereocenters. The number of rotatable bonds is 5. The highest BCUT2D eigenvalue weighted by Crippen LogP contribution is 2.21. The van der Waals surface area contributed by atoms with E-state index in [1.54, 1.807) is 6.20 Å². The van der Waals surface area contributed by atoms with Crippen molar-refractivity contribution in [3.05, 3.63) is 64.8 Å². The molecule has 0 saturated carbocycles. The lowest BCUT2D eigenvalue weighted by atomic mass is 10.0. The molecule has 24 heavy (non-hydrogen) atoms. The summed E-state index contributed by atoms with van der Waals surface area (Å²) in [6, 6.07) is 16.1. The van der Waals surface area contributed by atoms with Crippen LogP contribution in [0.2, 0.25) is 0 Å². The fraction of sp³-hybridized carbons (Fsp3) is 0.167. The summed E-state index contributed by atoms with van der Waals surface area (Å²) in [5.74, 6) is 1.60. The predicted octanol–water partition coefficient (Wildman–Crippen LogP) is 5.24. The first-order valence-corrected chi connectivity index (χ1v) is 8.49. The van der Waals surface area contributed by atoms with Crippen molar-refractivity contribution in [3.63, 3.8) is 0 Å². The van der Waals surface area contributed by atoms with Crippen LogP contribution in [0.15, 0.2) is 59.2 Å². The van der Waals surface area contributed by atoms with Gasteiger partial charge in [0.15, 0.2) is 5.82 Å². The van der Waals surface area contributed by atoms with Crippen molar-refractivity contribution >= 4 is 39.1 Å². The molecule has 0 spiro atoms. The minimum atomic E-state index is 0.453. The molecule has 0 unspecified atom stereocenters. The van der Waals surface area contributed by atoms with E-state index >= 15 is 0 Å². The van der Waals surface area contributed by atoms with Gasteiger partial charge >= 0.3 is 0 Å². The lowest BCUT2D eigenvalue weighted by molar-refractivity contribution is 0.867. The molecule has 3 rings (SSSR count). The van der Waals surface area contributed by atoms with Gasteiger partial charge < -0.3 is 10.6 Å². The van der Waals surface area contributed by atoms with E-state index in [9.17, 15) is 0 Å². The molecule has 0 saturated heterocycles. The molecule has 0 radical (unpaired) electrons. The first-order chi connectivity index (χ1) is 11.6. The Morgan fingerprint density at radius 3 is 2.17 bits per heavy atom. The van der Waals surface area contributed by atoms with Crippen LogP contribution in [0.25, 0.3) is 0 Å². The monoisotopic (exact) mass is 383 g/mol. The summed E-state index contributed by atoms with van der Waals surface area (Å²) in [6.07, 6.45) is 1.59. The second kappa shape index (κ2) is 7.40. The van der Waals surface area contributed by atoms with Crippen LogP contribution in [0, 0.1) is 0 Å². The molecule has 6 heteroatoms. The van der Waals surface area contributed by atoms with Crippen molar-refractivity contribution in [3.8, 4) is 0 Å². The van der Waals surface area contributed by atoms with E-state index in [1.807, 2.05) is 36.4 Å². The van der Waals surface area contributed by atoms with Crippen LogP contribution in [-0.4, -0.2) is 15.2 Å². The molecule has 0 aliphatic rings. The quantitative estimate of drug-likeness (QED) is 0.630. The summed E-state index contributed by atoms with van der Waals surface area (Å²) in [7, 11) is 0. The molecular weight excluding hydrogens is 366 g/mol. The van der Waals surface area contributed by atoms with Crippen LogP contribution < -0.4 is 10.6 Å². The van der Waals surface area contributed by atoms with Crippen molar-refractivity contribution in [2.75, 3.05) is 10.6 Å². The van der Waals surface area contributed by atoms with Crippen LogP contribution in [0.3, 0.4) is 0 Å². The SMILES string of the molecule is CC(C)c1ccc(Nc2nncc(Nc3ccc(Br)cc3)n2)cc1. The molecule has 1 heterocycles. The first kappa shape index (κ1) is 16.4. The minimum Gasteiger partial charge on any atom is -0.339 e. The van der Waals surface area contributed by atoms with E-state index in [0.717, 1.165) is 15.8 Å². The molecule has 1 aromatic heterocycles. The largest absolute Gasteiger partial charge is 0.339 e. The third-order valence-electron chi connectivity index (χ3n) is 3.51. The standard InChI is InChI=1S/C18H18BrN5/c1-12(2)13-3-7-16(8-4-13)22-18-23-17(11-20-24-18)21-15-9-5-14(19)6-10-15/h3-12H,1-2H3,(H2,21,22,23,24).